The summed E-state index contributed by atoms with van der Waals surface area (Å²) in [6, 6.07) is 20.0. The number of benzene rings is 2. The van der Waals surface area contributed by atoms with Crippen LogP contribution in [0.4, 0.5) is 19.0 Å². The number of anilines is 1. The molecular formula is C34H42F3N7O5S2. The number of aliphatic hydroxyl groups excluding tert-OH is 2. The van der Waals surface area contributed by atoms with E-state index in [4.69, 9.17) is 5.73 Å². The average Bonchev–Trinajstić information content (AvgIpc) is 3.64. The molecule has 17 heteroatoms. The van der Waals surface area contributed by atoms with Gasteiger partial charge in [-0.25, -0.2) is 4.98 Å². The highest BCUT2D eigenvalue weighted by molar-refractivity contribution is 8.00. The highest BCUT2D eigenvalue weighted by Gasteiger charge is 2.43. The van der Waals surface area contributed by atoms with Gasteiger partial charge in [0.15, 0.2) is 5.65 Å². The first-order chi connectivity index (χ1) is 24.3. The maximum atomic E-state index is 12.7. The van der Waals surface area contributed by atoms with Crippen LogP contribution in [-0.2, 0) is 14.5 Å². The summed E-state index contributed by atoms with van der Waals surface area (Å²) >= 11 is -0.225. The van der Waals surface area contributed by atoms with Gasteiger partial charge < -0.3 is 26.6 Å². The smallest absolute Gasteiger partial charge is 0.389 e. The first kappa shape index (κ1) is 37.5. The third-order valence-electron chi connectivity index (χ3n) is 9.49. The molecule has 276 valence electrons. The molecule has 0 bridgehead atoms. The van der Waals surface area contributed by atoms with E-state index in [2.05, 4.69) is 60.0 Å². The van der Waals surface area contributed by atoms with Gasteiger partial charge in [-0.15, -0.1) is 0 Å². The number of fused-ring (bicyclic) bond motifs is 1. The molecule has 2 aromatic carbocycles. The third-order valence-corrected chi connectivity index (χ3v) is 11.2. The summed E-state index contributed by atoms with van der Waals surface area (Å²) in [6.45, 7) is 0. The fraction of sp³-hybridized carbons (Fsp3) is 0.471. The summed E-state index contributed by atoms with van der Waals surface area (Å²) in [7, 11) is -3.11. The van der Waals surface area contributed by atoms with Gasteiger partial charge >= 0.3 is 15.8 Å². The Labute approximate surface area is 298 Å². The van der Waals surface area contributed by atoms with Gasteiger partial charge in [-0.1, -0.05) is 42.5 Å². The van der Waals surface area contributed by atoms with Gasteiger partial charge in [0.05, 0.1) is 31.0 Å². The van der Waals surface area contributed by atoms with Crippen molar-refractivity contribution in [1.82, 2.24) is 24.6 Å². The van der Waals surface area contributed by atoms with E-state index in [-0.39, 0.29) is 23.1 Å². The molecule has 3 aliphatic carbocycles. The first-order valence-corrected chi connectivity index (χ1v) is 19.0. The Morgan fingerprint density at radius 1 is 0.941 bits per heavy atom. The van der Waals surface area contributed by atoms with Crippen molar-refractivity contribution in [2.45, 2.75) is 97.3 Å². The van der Waals surface area contributed by atoms with E-state index in [9.17, 15) is 31.8 Å². The van der Waals surface area contributed by atoms with E-state index in [1.165, 1.54) is 66.6 Å². The van der Waals surface area contributed by atoms with E-state index in [0.717, 1.165) is 19.1 Å². The van der Waals surface area contributed by atoms with Crippen LogP contribution in [0.5, 0.6) is 0 Å². The van der Waals surface area contributed by atoms with Crippen molar-refractivity contribution in [2.75, 3.05) is 12.4 Å². The standard InChI is InChI=1S/C19H20F3N5O5S2.C15H22N2/c1-32-34(30,31)26-14-8-13(17(28)18(14)29)24-15-5-6-23-16-9-12(25-27(15)16)10-3-2-4-11(7-10)33-19(20,21)22;16-12-6-8-13(9-7-12)17-15-10-14(15)11-4-2-1-3-5-11/h2-7,9,13-14,17-18,24,26,28-29H,8H2,1H3;1-5,12-15,17H,6-10,16H2. The SMILES string of the molecule is COS(=O)(=O)NC1CC(Nc2ccnc3cc(-c4cccc(SC(F)(F)F)c4)nn23)C(O)C1O.NC1CCC(NC2CC2c2ccccc2)CC1. The second-order valence-electron chi connectivity index (χ2n) is 13.2. The predicted molar refractivity (Wildman–Crippen MR) is 188 cm³/mol. The van der Waals surface area contributed by atoms with Crippen molar-refractivity contribution in [2.24, 2.45) is 5.73 Å². The molecule has 2 heterocycles. The highest BCUT2D eigenvalue weighted by Crippen LogP contribution is 2.42. The molecule has 3 saturated carbocycles. The molecule has 6 unspecified atom stereocenters. The number of halogens is 3. The number of hydrogen-bond donors (Lipinski definition) is 6. The van der Waals surface area contributed by atoms with Crippen LogP contribution in [-0.4, -0.2) is 88.3 Å². The molecule has 7 rings (SSSR count). The maximum absolute atomic E-state index is 12.7. The van der Waals surface area contributed by atoms with Gasteiger partial charge in [0.1, 0.15) is 11.9 Å². The number of thioether (sulfide) groups is 1. The summed E-state index contributed by atoms with van der Waals surface area (Å²) in [5, 5.41) is 31.9. The highest BCUT2D eigenvalue weighted by atomic mass is 32.2. The zero-order chi connectivity index (χ0) is 36.3. The number of rotatable bonds is 10. The van der Waals surface area contributed by atoms with Crippen LogP contribution in [0.2, 0.25) is 0 Å². The van der Waals surface area contributed by atoms with Crippen LogP contribution in [0, 0.1) is 0 Å². The van der Waals surface area contributed by atoms with E-state index in [0.29, 0.717) is 34.8 Å². The van der Waals surface area contributed by atoms with Gasteiger partial charge in [0, 0.05) is 46.8 Å². The summed E-state index contributed by atoms with van der Waals surface area (Å²) in [5.41, 5.74) is 4.23. The van der Waals surface area contributed by atoms with Crippen LogP contribution in [0.3, 0.4) is 0 Å². The lowest BCUT2D eigenvalue weighted by atomic mass is 9.92. The van der Waals surface area contributed by atoms with Crippen LogP contribution >= 0.6 is 11.8 Å². The van der Waals surface area contributed by atoms with E-state index in [1.54, 1.807) is 18.2 Å². The van der Waals surface area contributed by atoms with Gasteiger partial charge in [0.25, 0.3) is 0 Å². The lowest BCUT2D eigenvalue weighted by molar-refractivity contribution is -0.0328. The Morgan fingerprint density at radius 3 is 2.37 bits per heavy atom. The topological polar surface area (TPSA) is 176 Å². The van der Waals surface area contributed by atoms with Crippen molar-refractivity contribution in [1.29, 1.82) is 0 Å². The zero-order valence-corrected chi connectivity index (χ0v) is 29.4. The lowest BCUT2D eigenvalue weighted by Gasteiger charge is -2.27. The number of nitrogens with zero attached hydrogens (tertiary/aromatic N) is 3. The normalized spacial score (nSPS) is 27.9. The van der Waals surface area contributed by atoms with Crippen molar-refractivity contribution >= 4 is 33.5 Å². The zero-order valence-electron chi connectivity index (χ0n) is 27.8. The van der Waals surface area contributed by atoms with Gasteiger partial charge in [-0.05, 0) is 74.0 Å². The maximum Gasteiger partial charge on any atom is 0.446 e. The number of nitrogens with two attached hydrogens (primary N) is 1. The van der Waals surface area contributed by atoms with Gasteiger partial charge in [-0.2, -0.15) is 35.9 Å². The summed E-state index contributed by atoms with van der Waals surface area (Å²) < 4.78 is 69.4. The summed E-state index contributed by atoms with van der Waals surface area (Å²) in [5.74, 6) is 1.13. The Hall–Kier alpha value is -3.29. The molecule has 3 fully saturated rings. The van der Waals surface area contributed by atoms with Crippen LogP contribution in [0.25, 0.3) is 16.9 Å². The molecule has 51 heavy (non-hydrogen) atoms. The van der Waals surface area contributed by atoms with Crippen molar-refractivity contribution in [3.8, 4) is 11.3 Å². The number of aromatic nitrogens is 3. The van der Waals surface area contributed by atoms with Crippen LogP contribution < -0.4 is 21.1 Å². The minimum Gasteiger partial charge on any atom is -0.389 e. The van der Waals surface area contributed by atoms with Crippen molar-refractivity contribution < 1.29 is 36.0 Å². The molecule has 12 nitrogen and oxygen atoms in total. The molecule has 0 aliphatic heterocycles. The fourth-order valence-electron chi connectivity index (χ4n) is 6.75. The number of hydrogen-bond acceptors (Lipinski definition) is 11. The Bertz CT molecular complexity index is 1880. The second-order valence-corrected chi connectivity index (χ2v) is 15.8. The van der Waals surface area contributed by atoms with Crippen molar-refractivity contribution in [3.05, 3.63) is 78.5 Å². The Kier molecular flexibility index (Phi) is 11.6. The van der Waals surface area contributed by atoms with Crippen LogP contribution in [0.1, 0.15) is 50.0 Å². The van der Waals surface area contributed by atoms with E-state index in [1.807, 2.05) is 0 Å². The fourth-order valence-corrected chi connectivity index (χ4v) is 8.05. The lowest BCUT2D eigenvalue weighted by Crippen LogP contribution is -2.43. The molecular weight excluding hydrogens is 708 g/mol. The molecule has 6 atom stereocenters. The predicted octanol–water partition coefficient (Wildman–Crippen LogP) is 4.17. The molecule has 3 aliphatic rings. The molecule has 0 spiro atoms. The van der Waals surface area contributed by atoms with Gasteiger partial charge in [0.2, 0.25) is 0 Å². The van der Waals surface area contributed by atoms with Crippen molar-refractivity contribution in [3.63, 3.8) is 0 Å². The minimum atomic E-state index is -4.42. The minimum absolute atomic E-state index is 0.0148. The molecule has 0 amide bonds. The summed E-state index contributed by atoms with van der Waals surface area (Å²) in [4.78, 5) is 4.22. The first-order valence-electron chi connectivity index (χ1n) is 16.8. The van der Waals surface area contributed by atoms with Gasteiger partial charge in [-0.3, -0.25) is 4.18 Å². The quantitative estimate of drug-likeness (QED) is 0.128. The summed E-state index contributed by atoms with van der Waals surface area (Å²) in [6.07, 6.45) is 5.05. The number of alkyl halides is 3. The molecule has 4 aromatic rings. The average molecular weight is 750 g/mol. The molecule has 0 radical (unpaired) electrons. The number of aliphatic hydroxyl groups is 2. The largest absolute Gasteiger partial charge is 0.446 e. The Balaban J connectivity index is 0.000000219. The Morgan fingerprint density at radius 2 is 1.67 bits per heavy atom. The van der Waals surface area contributed by atoms with E-state index < -0.39 is 40.1 Å². The molecule has 0 saturated heterocycles. The molecule has 2 aromatic heterocycles. The van der Waals surface area contributed by atoms with Crippen LogP contribution in [0.15, 0.2) is 77.8 Å². The third kappa shape index (κ3) is 9.78. The molecule has 7 N–H and O–H groups in total. The second kappa shape index (κ2) is 15.8. The van der Waals surface area contributed by atoms with E-state index >= 15 is 0 Å². The number of nitrogens with one attached hydrogen (secondary N) is 3. The monoisotopic (exact) mass is 749 g/mol.